The quantitative estimate of drug-likeness (QED) is 0.307. The number of hydrogen-bond acceptors (Lipinski definition) is 7. The second-order valence-corrected chi connectivity index (χ2v) is 10.6. The Morgan fingerprint density at radius 1 is 1.09 bits per heavy atom. The molecule has 2 aliphatic heterocycles. The van der Waals surface area contributed by atoms with Crippen molar-refractivity contribution in [2.24, 2.45) is 7.05 Å². The number of nitrogens with one attached hydrogen (secondary N) is 1. The van der Waals surface area contributed by atoms with Crippen LogP contribution < -0.4 is 5.32 Å². The normalized spacial score (nSPS) is 18.6. The van der Waals surface area contributed by atoms with E-state index in [1.165, 1.54) is 22.0 Å². The lowest BCUT2D eigenvalue weighted by Crippen LogP contribution is -2.62. The second kappa shape index (κ2) is 11.6. The Balaban J connectivity index is 1.33. The van der Waals surface area contributed by atoms with Crippen molar-refractivity contribution in [2.75, 3.05) is 19.6 Å². The zero-order chi connectivity index (χ0) is 30.1. The van der Waals surface area contributed by atoms with Crippen molar-refractivity contribution in [1.29, 1.82) is 0 Å². The van der Waals surface area contributed by atoms with Crippen LogP contribution in [-0.4, -0.2) is 83.6 Å². The molecule has 4 amide bonds. The number of aromatic hydroxyl groups is 1. The number of piperazine rings is 1. The Morgan fingerprint density at radius 3 is 2.67 bits per heavy atom. The van der Waals surface area contributed by atoms with Crippen LogP contribution in [0, 0.1) is 0 Å². The van der Waals surface area contributed by atoms with E-state index in [1.807, 2.05) is 48.5 Å². The molecule has 0 unspecified atom stereocenters. The Bertz CT molecular complexity index is 1690. The molecule has 2 atom stereocenters. The maximum absolute atomic E-state index is 14.1. The van der Waals surface area contributed by atoms with Gasteiger partial charge in [-0.3, -0.25) is 14.6 Å². The molecule has 0 saturated carbocycles. The first-order valence-corrected chi connectivity index (χ1v) is 14.0. The Hall–Kier alpha value is -5.23. The molecule has 2 aliphatic rings. The molecule has 0 radical (unpaired) electrons. The molecule has 0 bridgehead atoms. The molecule has 3 aromatic carbocycles. The minimum atomic E-state index is -0.983. The minimum Gasteiger partial charge on any atom is -0.508 e. The van der Waals surface area contributed by atoms with E-state index in [0.717, 1.165) is 22.2 Å². The molecule has 43 heavy (non-hydrogen) atoms. The number of benzene rings is 3. The smallest absolute Gasteiger partial charge is 0.332 e. The highest BCUT2D eigenvalue weighted by molar-refractivity contribution is 5.92. The average Bonchev–Trinajstić information content (AvgIpc) is 3.54. The van der Waals surface area contributed by atoms with E-state index in [-0.39, 0.29) is 49.8 Å². The molecule has 6 rings (SSSR count). The fourth-order valence-electron chi connectivity index (χ4n) is 5.79. The summed E-state index contributed by atoms with van der Waals surface area (Å²) in [5, 5.41) is 24.6. The first-order valence-electron chi connectivity index (χ1n) is 14.0. The highest BCUT2D eigenvalue weighted by Crippen LogP contribution is 2.37. The summed E-state index contributed by atoms with van der Waals surface area (Å²) >= 11 is 0. The number of carbonyl (C=O) groups is 3. The van der Waals surface area contributed by atoms with Crippen LogP contribution in [0.1, 0.15) is 22.7 Å². The first-order chi connectivity index (χ1) is 20.8. The summed E-state index contributed by atoms with van der Waals surface area (Å²) in [4.78, 5) is 44.4. The molecule has 4 aromatic rings. The molecule has 220 valence electrons. The van der Waals surface area contributed by atoms with Gasteiger partial charge in [-0.25, -0.2) is 9.48 Å². The average molecular weight is 581 g/mol. The van der Waals surface area contributed by atoms with E-state index >= 15 is 0 Å². The van der Waals surface area contributed by atoms with Crippen molar-refractivity contribution >= 4 is 28.9 Å². The number of carbonyl (C=O) groups excluding carboxylic acids is 3. The van der Waals surface area contributed by atoms with Crippen molar-refractivity contribution in [3.05, 3.63) is 102 Å². The van der Waals surface area contributed by atoms with Gasteiger partial charge in [-0.15, -0.1) is 11.7 Å². The predicted molar refractivity (Wildman–Crippen MR) is 158 cm³/mol. The lowest BCUT2D eigenvalue weighted by molar-refractivity contribution is -0.158. The number of hydrogen-bond donors (Lipinski definition) is 2. The molecular formula is C31H32N8O4. The van der Waals surface area contributed by atoms with Crippen molar-refractivity contribution < 1.29 is 19.5 Å². The summed E-state index contributed by atoms with van der Waals surface area (Å²) in [6.45, 7) is 4.64. The van der Waals surface area contributed by atoms with Gasteiger partial charge in [-0.2, -0.15) is 5.01 Å². The zero-order valence-corrected chi connectivity index (χ0v) is 23.7. The van der Waals surface area contributed by atoms with E-state index in [4.69, 9.17) is 0 Å². The summed E-state index contributed by atoms with van der Waals surface area (Å²) in [5.41, 5.74) is 3.87. The number of rotatable bonds is 8. The van der Waals surface area contributed by atoms with Crippen LogP contribution in [0.4, 0.5) is 4.79 Å². The van der Waals surface area contributed by atoms with Gasteiger partial charge in [0.25, 0.3) is 5.91 Å². The molecule has 2 fully saturated rings. The van der Waals surface area contributed by atoms with Gasteiger partial charge in [0.15, 0.2) is 0 Å². The number of hydrazine groups is 1. The number of nitrogens with zero attached hydrogens (tertiary/aromatic N) is 7. The molecule has 12 nitrogen and oxygen atoms in total. The minimum absolute atomic E-state index is 0.00907. The second-order valence-electron chi connectivity index (χ2n) is 10.6. The molecule has 3 heterocycles. The fourth-order valence-corrected chi connectivity index (χ4v) is 5.79. The van der Waals surface area contributed by atoms with E-state index in [0.29, 0.717) is 12.1 Å². The van der Waals surface area contributed by atoms with Gasteiger partial charge < -0.3 is 20.2 Å². The predicted octanol–water partition coefficient (Wildman–Crippen LogP) is 2.54. The SMILES string of the molecule is C=CCN(C(=O)NCc1ccccc1)N1CC(=O)N2[C@@H](c3cccc(O)c3)C(=O)N(Cc3ccc4nnn(C)c4c3)C[C@@H]21. The van der Waals surface area contributed by atoms with Crippen LogP contribution in [0.25, 0.3) is 11.0 Å². The summed E-state index contributed by atoms with van der Waals surface area (Å²) in [7, 11) is 1.81. The number of fused-ring (bicyclic) bond motifs is 2. The summed E-state index contributed by atoms with van der Waals surface area (Å²) < 4.78 is 1.67. The third kappa shape index (κ3) is 5.40. The highest BCUT2D eigenvalue weighted by Gasteiger charge is 2.52. The summed E-state index contributed by atoms with van der Waals surface area (Å²) in [6, 6.07) is 20.3. The zero-order valence-electron chi connectivity index (χ0n) is 23.7. The van der Waals surface area contributed by atoms with Gasteiger partial charge in [-0.05, 0) is 41.0 Å². The molecule has 2 N–H and O–H groups in total. The summed E-state index contributed by atoms with van der Waals surface area (Å²) in [6.07, 6.45) is 0.965. The number of amides is 4. The Labute approximate surface area is 248 Å². The molecule has 2 saturated heterocycles. The lowest BCUT2D eigenvalue weighted by atomic mass is 9.99. The number of aromatic nitrogens is 3. The molecular weight excluding hydrogens is 548 g/mol. The first kappa shape index (κ1) is 27.9. The van der Waals surface area contributed by atoms with Crippen LogP contribution in [-0.2, 0) is 29.7 Å². The standard InChI is InChI=1S/C31H32N8O4/c1-3-14-37(31(43)32-17-21-8-5-4-6-9-21)38-20-28(41)39-27(38)19-36(30(42)29(39)23-10-7-11-24(40)16-23)18-22-12-13-25-26(15-22)35(2)34-33-25/h3-13,15-16,27,29,40H,1,14,17-20H2,2H3,(H,32,43)/t27-,29+/m1/s1. The van der Waals surface area contributed by atoms with Crippen LogP contribution in [0.3, 0.4) is 0 Å². The largest absolute Gasteiger partial charge is 0.508 e. The van der Waals surface area contributed by atoms with E-state index < -0.39 is 12.2 Å². The van der Waals surface area contributed by atoms with Crippen molar-refractivity contribution in [3.63, 3.8) is 0 Å². The number of urea groups is 1. The highest BCUT2D eigenvalue weighted by atomic mass is 16.3. The van der Waals surface area contributed by atoms with E-state index in [2.05, 4.69) is 22.2 Å². The Kier molecular flexibility index (Phi) is 7.51. The number of phenolic OH excluding ortho intramolecular Hbond substituents is 1. The third-order valence-electron chi connectivity index (χ3n) is 7.83. The number of aryl methyl sites for hydroxylation is 1. The Morgan fingerprint density at radius 2 is 1.91 bits per heavy atom. The van der Waals surface area contributed by atoms with Crippen molar-refractivity contribution in [1.82, 2.24) is 40.1 Å². The van der Waals surface area contributed by atoms with Gasteiger partial charge in [0.05, 0.1) is 25.2 Å². The van der Waals surface area contributed by atoms with Gasteiger partial charge in [0.2, 0.25) is 5.91 Å². The van der Waals surface area contributed by atoms with Crippen molar-refractivity contribution in [2.45, 2.75) is 25.3 Å². The third-order valence-corrected chi connectivity index (χ3v) is 7.83. The van der Waals surface area contributed by atoms with Crippen LogP contribution in [0.15, 0.2) is 85.5 Å². The van der Waals surface area contributed by atoms with Crippen molar-refractivity contribution in [3.8, 4) is 5.75 Å². The van der Waals surface area contributed by atoms with E-state index in [9.17, 15) is 19.5 Å². The van der Waals surface area contributed by atoms with Gasteiger partial charge in [-0.1, -0.05) is 59.8 Å². The summed E-state index contributed by atoms with van der Waals surface area (Å²) in [5.74, 6) is -0.576. The van der Waals surface area contributed by atoms with E-state index in [1.54, 1.807) is 39.8 Å². The van der Waals surface area contributed by atoms with Gasteiger partial charge in [0.1, 0.15) is 23.5 Å². The molecule has 12 heteroatoms. The molecule has 0 aliphatic carbocycles. The topological polar surface area (TPSA) is 127 Å². The monoisotopic (exact) mass is 580 g/mol. The maximum atomic E-state index is 14.1. The van der Waals surface area contributed by atoms with Crippen LogP contribution >= 0.6 is 0 Å². The van der Waals surface area contributed by atoms with Crippen LogP contribution in [0.2, 0.25) is 0 Å². The fraction of sp³-hybridized carbons (Fsp3) is 0.258. The molecule has 1 aromatic heterocycles. The molecule has 0 spiro atoms. The maximum Gasteiger partial charge on any atom is 0.332 e. The number of phenols is 1. The van der Waals surface area contributed by atoms with Crippen LogP contribution in [0.5, 0.6) is 5.75 Å². The van der Waals surface area contributed by atoms with Gasteiger partial charge >= 0.3 is 6.03 Å². The van der Waals surface area contributed by atoms with Gasteiger partial charge in [0, 0.05) is 20.1 Å². The lowest BCUT2D eigenvalue weighted by Gasteiger charge is -2.46.